The summed E-state index contributed by atoms with van der Waals surface area (Å²) in [4.78, 5) is 51.5. The molecular formula is C31H43N5O4S. The minimum absolute atomic E-state index is 0.0404. The van der Waals surface area contributed by atoms with Crippen molar-refractivity contribution in [3.05, 3.63) is 35.2 Å². The Morgan fingerprint density at radius 1 is 1.15 bits per heavy atom. The summed E-state index contributed by atoms with van der Waals surface area (Å²) in [5.74, 6) is -0.214. The van der Waals surface area contributed by atoms with Crippen molar-refractivity contribution in [3.63, 3.8) is 0 Å². The van der Waals surface area contributed by atoms with E-state index in [1.807, 2.05) is 32.9 Å². The highest BCUT2D eigenvalue weighted by Gasteiger charge is 2.54. The summed E-state index contributed by atoms with van der Waals surface area (Å²) >= 11 is 1.64. The summed E-state index contributed by atoms with van der Waals surface area (Å²) in [5, 5.41) is 6.12. The maximum Gasteiger partial charge on any atom is 0.251 e. The second-order valence-electron chi connectivity index (χ2n) is 12.7. The van der Waals surface area contributed by atoms with Gasteiger partial charge in [-0.3, -0.25) is 14.4 Å². The molecule has 5 rings (SSSR count). The molecule has 10 heteroatoms. The van der Waals surface area contributed by atoms with Gasteiger partial charge in [-0.25, -0.2) is 4.98 Å². The van der Waals surface area contributed by atoms with E-state index < -0.39 is 17.5 Å². The fourth-order valence-electron chi connectivity index (χ4n) is 6.02. The van der Waals surface area contributed by atoms with E-state index in [1.165, 1.54) is 0 Å². The molecule has 1 aromatic carbocycles. The average molecular weight is 582 g/mol. The van der Waals surface area contributed by atoms with Gasteiger partial charge in [0.15, 0.2) is 10.9 Å². The van der Waals surface area contributed by atoms with Gasteiger partial charge in [0.05, 0.1) is 11.8 Å². The number of fused-ring (bicyclic) bond motifs is 1. The van der Waals surface area contributed by atoms with Gasteiger partial charge in [-0.1, -0.05) is 46.8 Å². The molecule has 0 radical (unpaired) electrons. The second kappa shape index (κ2) is 11.8. The van der Waals surface area contributed by atoms with Crippen LogP contribution in [0.2, 0.25) is 0 Å². The number of anilines is 1. The van der Waals surface area contributed by atoms with Crippen LogP contribution in [0.5, 0.6) is 0 Å². The third-order valence-corrected chi connectivity index (χ3v) is 10.2. The van der Waals surface area contributed by atoms with Crippen LogP contribution in [-0.2, 0) is 14.3 Å². The van der Waals surface area contributed by atoms with Crippen LogP contribution in [-0.4, -0.2) is 96.9 Å². The predicted molar refractivity (Wildman–Crippen MR) is 161 cm³/mol. The van der Waals surface area contributed by atoms with Gasteiger partial charge in [-0.2, -0.15) is 0 Å². The van der Waals surface area contributed by atoms with Gasteiger partial charge < -0.3 is 24.8 Å². The Balaban J connectivity index is 1.31. The Bertz CT molecular complexity index is 1270. The minimum Gasteiger partial charge on any atom is -0.367 e. The number of amides is 2. The molecule has 3 saturated heterocycles. The molecule has 9 nitrogen and oxygen atoms in total. The summed E-state index contributed by atoms with van der Waals surface area (Å²) in [6.07, 6.45) is 0.407. The number of Topliss-reactive ketones (excluding diaryl/α,β-unsaturated/α-hetero) is 1. The van der Waals surface area contributed by atoms with Crippen LogP contribution >= 0.6 is 11.3 Å². The number of benzene rings is 1. The number of ether oxygens (including phenoxy) is 1. The molecule has 4 atom stereocenters. The van der Waals surface area contributed by atoms with Crippen molar-refractivity contribution in [2.45, 2.75) is 59.2 Å². The van der Waals surface area contributed by atoms with Gasteiger partial charge in [-0.15, -0.1) is 11.3 Å². The lowest BCUT2D eigenvalue weighted by atomic mass is 9.80. The SMILES string of the molecule is CCC(C)(C)C(NC(=O)c1ccc(-c2csc(N3CCN(C)CC3)n2)cc1)C(=O)N1C[C@@H](C(C)C)[C@H]2OCC(=O)[C@H]21. The molecule has 1 aromatic heterocycles. The molecule has 41 heavy (non-hydrogen) atoms. The van der Waals surface area contributed by atoms with Gasteiger partial charge in [0.25, 0.3) is 5.91 Å². The van der Waals surface area contributed by atoms with Crippen LogP contribution in [0.3, 0.4) is 0 Å². The largest absolute Gasteiger partial charge is 0.367 e. The smallest absolute Gasteiger partial charge is 0.251 e. The standard InChI is InChI=1S/C31H43N5O4S/c1-7-31(4,5)27(29(39)36-16-22(19(2)3)26-25(36)24(37)17-40-26)33-28(38)21-10-8-20(9-11-21)23-18-41-30(32-23)35-14-12-34(6)13-15-35/h8-11,18-19,22,25-27H,7,12-17H2,1-6H3,(H,33,38)/t22-,25+,26+,27?/m0/s1. The monoisotopic (exact) mass is 581 g/mol. The minimum atomic E-state index is -0.774. The van der Waals surface area contributed by atoms with Gasteiger partial charge in [0, 0.05) is 55.1 Å². The van der Waals surface area contributed by atoms with Crippen molar-refractivity contribution in [1.29, 1.82) is 0 Å². The first-order valence-corrected chi connectivity index (χ1v) is 15.6. The van der Waals surface area contributed by atoms with E-state index in [0.717, 1.165) is 42.6 Å². The van der Waals surface area contributed by atoms with E-state index in [9.17, 15) is 14.4 Å². The Hall–Kier alpha value is -2.82. The Morgan fingerprint density at radius 3 is 2.46 bits per heavy atom. The first kappa shape index (κ1) is 29.7. The van der Waals surface area contributed by atoms with E-state index in [0.29, 0.717) is 18.5 Å². The van der Waals surface area contributed by atoms with Gasteiger partial charge in [0.1, 0.15) is 18.7 Å². The Morgan fingerprint density at radius 2 is 1.83 bits per heavy atom. The quantitative estimate of drug-likeness (QED) is 0.510. The zero-order valence-electron chi connectivity index (χ0n) is 25.1. The zero-order chi connectivity index (χ0) is 29.5. The summed E-state index contributed by atoms with van der Waals surface area (Å²) in [6.45, 7) is 14.7. The van der Waals surface area contributed by atoms with Crippen LogP contribution in [0.15, 0.2) is 29.6 Å². The fourth-order valence-corrected chi connectivity index (χ4v) is 6.91. The van der Waals surface area contributed by atoms with E-state index in [-0.39, 0.29) is 42.1 Å². The molecule has 0 saturated carbocycles. The van der Waals surface area contributed by atoms with Crippen LogP contribution in [0.1, 0.15) is 51.4 Å². The highest BCUT2D eigenvalue weighted by atomic mass is 32.1. The predicted octanol–water partition coefficient (Wildman–Crippen LogP) is 3.55. The average Bonchev–Trinajstić information content (AvgIpc) is 3.69. The summed E-state index contributed by atoms with van der Waals surface area (Å²) in [7, 11) is 2.14. The number of carbonyl (C=O) groups excluding carboxylic acids is 3. The number of ketones is 1. The number of aromatic nitrogens is 1. The highest BCUT2D eigenvalue weighted by molar-refractivity contribution is 7.14. The number of nitrogens with zero attached hydrogens (tertiary/aromatic N) is 4. The van der Waals surface area contributed by atoms with E-state index in [1.54, 1.807) is 28.4 Å². The van der Waals surface area contributed by atoms with Gasteiger partial charge >= 0.3 is 0 Å². The summed E-state index contributed by atoms with van der Waals surface area (Å²) in [5.41, 5.74) is 1.80. The number of hydrogen-bond donors (Lipinski definition) is 1. The number of rotatable bonds is 8. The van der Waals surface area contributed by atoms with Gasteiger partial charge in [-0.05, 0) is 36.9 Å². The number of carbonyl (C=O) groups is 3. The lowest BCUT2D eigenvalue weighted by Crippen LogP contribution is -2.57. The Labute approximate surface area is 247 Å². The third kappa shape index (κ3) is 5.92. The lowest BCUT2D eigenvalue weighted by molar-refractivity contribution is -0.140. The molecule has 4 heterocycles. The van der Waals surface area contributed by atoms with Crippen LogP contribution in [0, 0.1) is 17.3 Å². The van der Waals surface area contributed by atoms with Crippen molar-refractivity contribution < 1.29 is 19.1 Å². The molecule has 2 aromatic rings. The molecule has 1 unspecified atom stereocenters. The maximum absolute atomic E-state index is 14.1. The molecule has 1 N–H and O–H groups in total. The molecule has 0 bridgehead atoms. The van der Waals surface area contributed by atoms with Crippen molar-refractivity contribution in [2.24, 2.45) is 17.3 Å². The number of piperazine rings is 1. The first-order chi connectivity index (χ1) is 19.5. The van der Waals surface area contributed by atoms with Crippen molar-refractivity contribution >= 4 is 34.1 Å². The molecule has 2 amide bonds. The number of nitrogens with one attached hydrogen (secondary N) is 1. The molecule has 0 spiro atoms. The molecule has 3 aliphatic rings. The number of thiazole rings is 1. The molecule has 0 aliphatic carbocycles. The topological polar surface area (TPSA) is 95.1 Å². The van der Waals surface area contributed by atoms with Crippen LogP contribution in [0.4, 0.5) is 5.13 Å². The lowest BCUT2D eigenvalue weighted by Gasteiger charge is -2.37. The van der Waals surface area contributed by atoms with E-state index in [4.69, 9.17) is 9.72 Å². The molecule has 3 aliphatic heterocycles. The van der Waals surface area contributed by atoms with Crippen molar-refractivity contribution in [3.8, 4) is 11.3 Å². The van der Waals surface area contributed by atoms with Crippen molar-refractivity contribution in [1.82, 2.24) is 20.1 Å². The van der Waals surface area contributed by atoms with Crippen LogP contribution < -0.4 is 10.2 Å². The molecule has 222 valence electrons. The van der Waals surface area contributed by atoms with Crippen LogP contribution in [0.25, 0.3) is 11.3 Å². The Kier molecular flexibility index (Phi) is 8.55. The number of likely N-dealkylation sites (N-methyl/N-ethyl adjacent to an activating group) is 1. The van der Waals surface area contributed by atoms with E-state index >= 15 is 0 Å². The van der Waals surface area contributed by atoms with Crippen molar-refractivity contribution in [2.75, 3.05) is 51.3 Å². The number of hydrogen-bond acceptors (Lipinski definition) is 8. The molecular weight excluding hydrogens is 538 g/mol. The first-order valence-electron chi connectivity index (χ1n) is 14.7. The maximum atomic E-state index is 14.1. The van der Waals surface area contributed by atoms with Gasteiger partial charge in [0.2, 0.25) is 5.91 Å². The fraction of sp³-hybridized carbons (Fsp3) is 0.613. The summed E-state index contributed by atoms with van der Waals surface area (Å²) in [6, 6.07) is 6.04. The normalized spacial score (nSPS) is 24.2. The molecule has 3 fully saturated rings. The summed E-state index contributed by atoms with van der Waals surface area (Å²) < 4.78 is 5.83. The number of likely N-dealkylation sites (tertiary alicyclic amines) is 1. The second-order valence-corrected chi connectivity index (χ2v) is 13.6. The third-order valence-electron chi connectivity index (χ3n) is 9.29. The zero-order valence-corrected chi connectivity index (χ0v) is 25.9. The highest BCUT2D eigenvalue weighted by Crippen LogP contribution is 2.38. The van der Waals surface area contributed by atoms with E-state index in [2.05, 4.69) is 41.4 Å².